The van der Waals surface area contributed by atoms with Gasteiger partial charge in [-0.1, -0.05) is 17.7 Å². The van der Waals surface area contributed by atoms with Crippen molar-refractivity contribution >= 4 is 17.5 Å². The Labute approximate surface area is 109 Å². The highest BCUT2D eigenvalue weighted by molar-refractivity contribution is 6.29. The van der Waals surface area contributed by atoms with Crippen LogP contribution in [0.4, 0.5) is 0 Å². The van der Waals surface area contributed by atoms with Gasteiger partial charge in [-0.25, -0.2) is 4.98 Å². The molecular weight excluding hydrogens is 254 g/mol. The Bertz CT molecular complexity index is 535. The van der Waals surface area contributed by atoms with E-state index in [9.17, 15) is 9.59 Å². The van der Waals surface area contributed by atoms with Crippen LogP contribution in [-0.4, -0.2) is 22.0 Å². The van der Waals surface area contributed by atoms with Crippen molar-refractivity contribution in [3.63, 3.8) is 0 Å². The second-order valence-corrected chi connectivity index (χ2v) is 4.62. The molecule has 1 fully saturated rings. The van der Waals surface area contributed by atoms with Crippen LogP contribution in [0.25, 0.3) is 0 Å². The summed E-state index contributed by atoms with van der Waals surface area (Å²) in [7, 11) is 0. The molecule has 6 heteroatoms. The fourth-order valence-corrected chi connectivity index (χ4v) is 1.87. The second kappa shape index (κ2) is 5.35. The average molecular weight is 268 g/mol. The molecule has 2 rings (SSSR count). The Balaban J connectivity index is 2.23. The van der Waals surface area contributed by atoms with Crippen LogP contribution in [0.1, 0.15) is 24.6 Å². The van der Waals surface area contributed by atoms with Crippen molar-refractivity contribution in [1.82, 2.24) is 14.9 Å². The number of hydrogen-bond donors (Lipinski definition) is 1. The van der Waals surface area contributed by atoms with E-state index in [1.807, 2.05) is 0 Å². The number of carbonyl (C=O) groups is 1. The molecule has 5 nitrogen and oxygen atoms in total. The zero-order valence-electron chi connectivity index (χ0n) is 9.86. The number of carbonyl (C=O) groups excluding carboxylic acids is 1. The molecule has 18 heavy (non-hydrogen) atoms. The molecule has 0 aromatic carbocycles. The van der Waals surface area contributed by atoms with Crippen LogP contribution in [0.3, 0.4) is 0 Å². The first-order valence-corrected chi connectivity index (χ1v) is 6.14. The first kappa shape index (κ1) is 12.8. The number of nitrogens with zero attached hydrogens (tertiary/aromatic N) is 2. The Kier molecular flexibility index (Phi) is 3.81. The minimum absolute atomic E-state index is 0.0251. The number of nitrogens with one attached hydrogen (secondary N) is 1. The van der Waals surface area contributed by atoms with Gasteiger partial charge in [-0.05, 0) is 12.8 Å². The third-order valence-electron chi connectivity index (χ3n) is 2.69. The molecule has 1 aromatic rings. The maximum Gasteiger partial charge on any atom is 0.255 e. The molecule has 0 spiro atoms. The second-order valence-electron chi connectivity index (χ2n) is 4.23. The van der Waals surface area contributed by atoms with Gasteiger partial charge in [-0.15, -0.1) is 6.58 Å². The number of aromatic nitrogens is 2. The summed E-state index contributed by atoms with van der Waals surface area (Å²) in [6.45, 7) is 3.87. The quantitative estimate of drug-likeness (QED) is 0.641. The van der Waals surface area contributed by atoms with Crippen LogP contribution < -0.4 is 10.9 Å². The average Bonchev–Trinajstić information content (AvgIpc) is 3.13. The molecule has 1 aliphatic rings. The highest BCUT2D eigenvalue weighted by Gasteiger charge is 2.29. The number of halogens is 1. The highest BCUT2D eigenvalue weighted by atomic mass is 35.5. The molecule has 0 aliphatic heterocycles. The molecule has 1 heterocycles. The van der Waals surface area contributed by atoms with Gasteiger partial charge in [-0.2, -0.15) is 0 Å². The van der Waals surface area contributed by atoms with Gasteiger partial charge in [0.1, 0.15) is 17.5 Å². The Morgan fingerprint density at radius 3 is 3.00 bits per heavy atom. The van der Waals surface area contributed by atoms with Crippen molar-refractivity contribution in [3.05, 3.63) is 40.1 Å². The maximum absolute atomic E-state index is 11.8. The molecule has 96 valence electrons. The summed E-state index contributed by atoms with van der Waals surface area (Å²) < 4.78 is 1.39. The van der Waals surface area contributed by atoms with Crippen molar-refractivity contribution in [1.29, 1.82) is 0 Å². The van der Waals surface area contributed by atoms with Gasteiger partial charge < -0.3 is 5.32 Å². The van der Waals surface area contributed by atoms with E-state index in [0.717, 1.165) is 12.8 Å². The van der Waals surface area contributed by atoms with Crippen molar-refractivity contribution in [3.8, 4) is 0 Å². The predicted molar refractivity (Wildman–Crippen MR) is 68.7 cm³/mol. The molecule has 0 unspecified atom stereocenters. The van der Waals surface area contributed by atoms with Gasteiger partial charge in [0.25, 0.3) is 5.56 Å². The lowest BCUT2D eigenvalue weighted by Crippen LogP contribution is -2.34. The van der Waals surface area contributed by atoms with E-state index in [2.05, 4.69) is 16.9 Å². The molecule has 1 aliphatic carbocycles. The maximum atomic E-state index is 11.8. The summed E-state index contributed by atoms with van der Waals surface area (Å²) in [6.07, 6.45) is 3.56. The minimum atomic E-state index is -0.286. The molecule has 0 radical (unpaired) electrons. The SMILES string of the molecule is C=CCNC(=O)Cn1c(C2CC2)nc(Cl)cc1=O. The van der Waals surface area contributed by atoms with E-state index in [-0.39, 0.29) is 29.1 Å². The van der Waals surface area contributed by atoms with E-state index < -0.39 is 0 Å². The molecule has 0 bridgehead atoms. The van der Waals surface area contributed by atoms with Crippen LogP contribution in [-0.2, 0) is 11.3 Å². The van der Waals surface area contributed by atoms with Gasteiger partial charge >= 0.3 is 0 Å². The van der Waals surface area contributed by atoms with Crippen molar-refractivity contribution < 1.29 is 4.79 Å². The topological polar surface area (TPSA) is 64.0 Å². The van der Waals surface area contributed by atoms with E-state index in [0.29, 0.717) is 12.4 Å². The zero-order chi connectivity index (χ0) is 13.1. The van der Waals surface area contributed by atoms with Gasteiger partial charge in [0.2, 0.25) is 5.91 Å². The van der Waals surface area contributed by atoms with Gasteiger partial charge in [-0.3, -0.25) is 14.2 Å². The standard InChI is InChI=1S/C12H14ClN3O2/c1-2-5-14-10(17)7-16-11(18)6-9(13)15-12(16)8-3-4-8/h2,6,8H,1,3-5,7H2,(H,14,17). The molecule has 0 atom stereocenters. The van der Waals surface area contributed by atoms with Crippen LogP contribution in [0.2, 0.25) is 5.15 Å². The van der Waals surface area contributed by atoms with Crippen molar-refractivity contribution in [2.75, 3.05) is 6.54 Å². The van der Waals surface area contributed by atoms with Gasteiger partial charge in [0.15, 0.2) is 0 Å². The lowest BCUT2D eigenvalue weighted by atomic mass is 10.3. The van der Waals surface area contributed by atoms with E-state index >= 15 is 0 Å². The summed E-state index contributed by atoms with van der Waals surface area (Å²) in [5.74, 6) is 0.632. The number of hydrogen-bond acceptors (Lipinski definition) is 3. The fraction of sp³-hybridized carbons (Fsp3) is 0.417. The van der Waals surface area contributed by atoms with Crippen LogP contribution in [0.5, 0.6) is 0 Å². The van der Waals surface area contributed by atoms with E-state index in [4.69, 9.17) is 11.6 Å². The monoisotopic (exact) mass is 267 g/mol. The smallest absolute Gasteiger partial charge is 0.255 e. The minimum Gasteiger partial charge on any atom is -0.351 e. The van der Waals surface area contributed by atoms with Crippen molar-refractivity contribution in [2.45, 2.75) is 25.3 Å². The first-order chi connectivity index (χ1) is 8.61. The lowest BCUT2D eigenvalue weighted by molar-refractivity contribution is -0.121. The third kappa shape index (κ3) is 2.98. The van der Waals surface area contributed by atoms with Crippen molar-refractivity contribution in [2.24, 2.45) is 0 Å². The summed E-state index contributed by atoms with van der Waals surface area (Å²) in [5.41, 5.74) is -0.286. The molecule has 1 amide bonds. The number of amides is 1. The molecular formula is C12H14ClN3O2. The fourth-order valence-electron chi connectivity index (χ4n) is 1.69. The lowest BCUT2D eigenvalue weighted by Gasteiger charge is -2.11. The summed E-state index contributed by atoms with van der Waals surface area (Å²) in [6, 6.07) is 1.23. The Hall–Kier alpha value is -1.62. The van der Waals surface area contributed by atoms with Gasteiger partial charge in [0.05, 0.1) is 0 Å². The van der Waals surface area contributed by atoms with Crippen LogP contribution in [0, 0.1) is 0 Å². The normalized spacial score (nSPS) is 14.3. The molecule has 1 N–H and O–H groups in total. The summed E-state index contributed by atoms with van der Waals surface area (Å²) in [4.78, 5) is 27.6. The Morgan fingerprint density at radius 1 is 1.67 bits per heavy atom. The Morgan fingerprint density at radius 2 is 2.39 bits per heavy atom. The highest BCUT2D eigenvalue weighted by Crippen LogP contribution is 2.38. The molecule has 1 saturated carbocycles. The summed E-state index contributed by atoms with van der Waals surface area (Å²) >= 11 is 5.78. The third-order valence-corrected chi connectivity index (χ3v) is 2.89. The van der Waals surface area contributed by atoms with E-state index in [1.54, 1.807) is 6.08 Å². The first-order valence-electron chi connectivity index (χ1n) is 5.76. The molecule has 1 aromatic heterocycles. The van der Waals surface area contributed by atoms with Crippen LogP contribution in [0.15, 0.2) is 23.5 Å². The predicted octanol–water partition coefficient (Wildman–Crippen LogP) is 1.08. The van der Waals surface area contributed by atoms with Crippen LogP contribution >= 0.6 is 11.6 Å². The number of rotatable bonds is 5. The largest absolute Gasteiger partial charge is 0.351 e. The van der Waals surface area contributed by atoms with E-state index in [1.165, 1.54) is 10.6 Å². The molecule has 0 saturated heterocycles. The van der Waals surface area contributed by atoms with Gasteiger partial charge in [0, 0.05) is 18.5 Å². The zero-order valence-corrected chi connectivity index (χ0v) is 10.6. The summed E-state index contributed by atoms with van der Waals surface area (Å²) in [5, 5.41) is 2.82.